The minimum absolute atomic E-state index is 0.149. The van der Waals surface area contributed by atoms with Crippen LogP contribution in [0.2, 0.25) is 0 Å². The van der Waals surface area contributed by atoms with Gasteiger partial charge in [-0.15, -0.1) is 0 Å². The summed E-state index contributed by atoms with van der Waals surface area (Å²) in [5.41, 5.74) is 0.927. The number of hydrogen-bond donors (Lipinski definition) is 3. The number of halogens is 2. The van der Waals surface area contributed by atoms with Gasteiger partial charge in [-0.3, -0.25) is 0 Å². The number of aliphatic hydroxyl groups excluding tert-OH is 1. The number of hydrogen-bond acceptors (Lipinski definition) is 3. The number of benzene rings is 1. The molecule has 0 aromatic heterocycles. The van der Waals surface area contributed by atoms with Gasteiger partial charge in [-0.1, -0.05) is 6.92 Å². The first kappa shape index (κ1) is 16.3. The summed E-state index contributed by atoms with van der Waals surface area (Å²) >= 11 is 6.69. The number of aromatic hydroxyl groups is 1. The van der Waals surface area contributed by atoms with Gasteiger partial charge in [-0.25, -0.2) is 0 Å². The highest BCUT2D eigenvalue weighted by Gasteiger charge is 2.32. The molecule has 1 aromatic carbocycles. The number of phenols is 1. The van der Waals surface area contributed by atoms with E-state index in [1.54, 1.807) is 0 Å². The molecule has 112 valence electrons. The van der Waals surface area contributed by atoms with Crippen LogP contribution in [0.15, 0.2) is 21.1 Å². The predicted molar refractivity (Wildman–Crippen MR) is 87.8 cm³/mol. The first-order valence-electron chi connectivity index (χ1n) is 6.98. The van der Waals surface area contributed by atoms with E-state index in [9.17, 15) is 10.2 Å². The van der Waals surface area contributed by atoms with E-state index in [1.165, 1.54) is 0 Å². The Kier molecular flexibility index (Phi) is 5.51. The third kappa shape index (κ3) is 3.75. The maximum Gasteiger partial charge on any atom is 0.143 e. The van der Waals surface area contributed by atoms with E-state index in [0.717, 1.165) is 37.2 Å². The van der Waals surface area contributed by atoms with Gasteiger partial charge < -0.3 is 15.5 Å². The molecule has 3 N–H and O–H groups in total. The van der Waals surface area contributed by atoms with Crippen LogP contribution in [0.5, 0.6) is 5.75 Å². The van der Waals surface area contributed by atoms with Gasteiger partial charge >= 0.3 is 0 Å². The summed E-state index contributed by atoms with van der Waals surface area (Å²) in [6.45, 7) is 3.14. The molecule has 0 radical (unpaired) electrons. The highest BCUT2D eigenvalue weighted by molar-refractivity contribution is 9.11. The molecule has 1 aliphatic rings. The third-order valence-corrected chi connectivity index (χ3v) is 5.49. The lowest BCUT2D eigenvalue weighted by atomic mass is 9.77. The summed E-state index contributed by atoms with van der Waals surface area (Å²) in [7, 11) is 0. The lowest BCUT2D eigenvalue weighted by Gasteiger charge is -2.39. The lowest BCUT2D eigenvalue weighted by Crippen LogP contribution is -2.50. The van der Waals surface area contributed by atoms with Crippen LogP contribution < -0.4 is 5.32 Å². The smallest absolute Gasteiger partial charge is 0.143 e. The SMILES string of the molecule is CC1CCC(CO)(NCc2cc(Br)c(O)c(Br)c2)CC1. The molecular weight excluding hydrogens is 386 g/mol. The second kappa shape index (κ2) is 6.77. The monoisotopic (exact) mass is 405 g/mol. The fourth-order valence-electron chi connectivity index (χ4n) is 2.72. The van der Waals surface area contributed by atoms with E-state index < -0.39 is 0 Å². The van der Waals surface area contributed by atoms with E-state index >= 15 is 0 Å². The summed E-state index contributed by atoms with van der Waals surface area (Å²) in [5, 5.41) is 23.0. The van der Waals surface area contributed by atoms with Crippen molar-refractivity contribution >= 4 is 31.9 Å². The van der Waals surface area contributed by atoms with Gasteiger partial charge in [0.05, 0.1) is 15.6 Å². The normalized spacial score (nSPS) is 26.7. The van der Waals surface area contributed by atoms with Crippen molar-refractivity contribution in [1.82, 2.24) is 5.32 Å². The van der Waals surface area contributed by atoms with E-state index in [1.807, 2.05) is 12.1 Å². The van der Waals surface area contributed by atoms with E-state index in [4.69, 9.17) is 0 Å². The zero-order chi connectivity index (χ0) is 14.8. The molecule has 0 heterocycles. The maximum absolute atomic E-state index is 9.74. The first-order chi connectivity index (χ1) is 9.46. The van der Waals surface area contributed by atoms with Crippen LogP contribution in [-0.4, -0.2) is 22.4 Å². The summed E-state index contributed by atoms with van der Waals surface area (Å²) in [6, 6.07) is 3.81. The van der Waals surface area contributed by atoms with Crippen LogP contribution >= 0.6 is 31.9 Å². The van der Waals surface area contributed by atoms with Crippen LogP contribution in [0.1, 0.15) is 38.2 Å². The molecular formula is C15H21Br2NO2. The third-order valence-electron chi connectivity index (χ3n) is 4.28. The van der Waals surface area contributed by atoms with Gasteiger partial charge in [0.25, 0.3) is 0 Å². The fourth-order valence-corrected chi connectivity index (χ4v) is 4.00. The molecule has 0 bridgehead atoms. The lowest BCUT2D eigenvalue weighted by molar-refractivity contribution is 0.104. The number of aliphatic hydroxyl groups is 1. The number of phenolic OH excluding ortho intramolecular Hbond substituents is 1. The molecule has 0 atom stereocenters. The molecule has 20 heavy (non-hydrogen) atoms. The molecule has 1 fully saturated rings. The van der Waals surface area contributed by atoms with Crippen LogP contribution in [0.3, 0.4) is 0 Å². The first-order valence-corrected chi connectivity index (χ1v) is 8.57. The Hall–Kier alpha value is -0.100. The zero-order valence-corrected chi connectivity index (χ0v) is 14.8. The van der Waals surface area contributed by atoms with E-state index in [-0.39, 0.29) is 17.9 Å². The fraction of sp³-hybridized carbons (Fsp3) is 0.600. The Morgan fingerprint density at radius 3 is 2.30 bits per heavy atom. The molecule has 0 spiro atoms. The molecule has 5 heteroatoms. The van der Waals surface area contributed by atoms with Gasteiger partial charge in [0.15, 0.2) is 0 Å². The Bertz CT molecular complexity index is 448. The van der Waals surface area contributed by atoms with Crippen LogP contribution in [0.4, 0.5) is 0 Å². The Labute approximate surface area is 137 Å². The van der Waals surface area contributed by atoms with Crippen LogP contribution in [-0.2, 0) is 6.54 Å². The Morgan fingerprint density at radius 1 is 1.25 bits per heavy atom. The van der Waals surface area contributed by atoms with Crippen molar-refractivity contribution in [3.63, 3.8) is 0 Å². The van der Waals surface area contributed by atoms with Crippen molar-refractivity contribution in [2.24, 2.45) is 5.92 Å². The number of nitrogens with one attached hydrogen (secondary N) is 1. The Morgan fingerprint density at radius 2 is 1.80 bits per heavy atom. The average Bonchev–Trinajstić information content (AvgIpc) is 2.44. The second-order valence-corrected chi connectivity index (χ2v) is 7.59. The molecule has 1 aliphatic carbocycles. The molecule has 0 aliphatic heterocycles. The van der Waals surface area contributed by atoms with E-state index in [0.29, 0.717) is 15.5 Å². The van der Waals surface area contributed by atoms with Crippen molar-refractivity contribution < 1.29 is 10.2 Å². The predicted octanol–water partition coefficient (Wildman–Crippen LogP) is 3.95. The van der Waals surface area contributed by atoms with Crippen LogP contribution in [0, 0.1) is 5.92 Å². The van der Waals surface area contributed by atoms with Gasteiger partial charge in [0, 0.05) is 12.1 Å². The van der Waals surface area contributed by atoms with Gasteiger partial charge in [0.2, 0.25) is 0 Å². The van der Waals surface area contributed by atoms with Crippen molar-refractivity contribution in [3.8, 4) is 5.75 Å². The molecule has 2 rings (SSSR count). The summed E-state index contributed by atoms with van der Waals surface area (Å²) in [5.74, 6) is 0.977. The van der Waals surface area contributed by atoms with Crippen molar-refractivity contribution in [3.05, 3.63) is 26.6 Å². The highest BCUT2D eigenvalue weighted by Crippen LogP contribution is 2.35. The largest absolute Gasteiger partial charge is 0.506 e. The van der Waals surface area contributed by atoms with Crippen molar-refractivity contribution in [1.29, 1.82) is 0 Å². The van der Waals surface area contributed by atoms with Crippen LogP contribution in [0.25, 0.3) is 0 Å². The summed E-state index contributed by atoms with van der Waals surface area (Å²) in [4.78, 5) is 0. The molecule has 0 saturated heterocycles. The van der Waals surface area contributed by atoms with Crippen molar-refractivity contribution in [2.75, 3.05) is 6.61 Å². The highest BCUT2D eigenvalue weighted by atomic mass is 79.9. The van der Waals surface area contributed by atoms with Gasteiger partial charge in [0.1, 0.15) is 5.75 Å². The number of rotatable bonds is 4. The summed E-state index contributed by atoms with van der Waals surface area (Å²) < 4.78 is 1.36. The molecule has 3 nitrogen and oxygen atoms in total. The molecule has 1 aromatic rings. The molecule has 0 unspecified atom stereocenters. The van der Waals surface area contributed by atoms with Crippen molar-refractivity contribution in [2.45, 2.75) is 44.7 Å². The second-order valence-electron chi connectivity index (χ2n) is 5.88. The minimum Gasteiger partial charge on any atom is -0.506 e. The van der Waals surface area contributed by atoms with E-state index in [2.05, 4.69) is 44.1 Å². The topological polar surface area (TPSA) is 52.5 Å². The minimum atomic E-state index is -0.149. The molecule has 1 saturated carbocycles. The Balaban J connectivity index is 2.03. The maximum atomic E-state index is 9.74. The quantitative estimate of drug-likeness (QED) is 0.709. The van der Waals surface area contributed by atoms with Gasteiger partial charge in [-0.2, -0.15) is 0 Å². The standard InChI is InChI=1S/C15H21Br2NO2/c1-10-2-4-15(9-19,5-3-10)18-8-11-6-12(16)14(20)13(17)7-11/h6-7,10,18-20H,2-5,8-9H2,1H3. The average molecular weight is 407 g/mol. The summed E-state index contributed by atoms with van der Waals surface area (Å²) in [6.07, 6.45) is 4.36. The molecule has 0 amide bonds. The zero-order valence-electron chi connectivity index (χ0n) is 11.6. The van der Waals surface area contributed by atoms with Gasteiger partial charge in [-0.05, 0) is 81.2 Å².